The van der Waals surface area contributed by atoms with Gasteiger partial charge < -0.3 is 14.2 Å². The van der Waals surface area contributed by atoms with E-state index in [9.17, 15) is 4.79 Å². The molecule has 2 aliphatic heterocycles. The fourth-order valence-corrected chi connectivity index (χ4v) is 3.76. The molecule has 126 valence electrons. The number of aromatic nitrogens is 3. The first kappa shape index (κ1) is 15.1. The molecule has 0 radical (unpaired) electrons. The van der Waals surface area contributed by atoms with Gasteiger partial charge in [-0.2, -0.15) is 0 Å². The molecule has 1 aromatic heterocycles. The number of piperidine rings is 1. The SMILES string of the molecule is O=C(C1CCCO1)N1CCC(Cc2nncn2CC2CC2)CC1. The summed E-state index contributed by atoms with van der Waals surface area (Å²) in [5.41, 5.74) is 0. The van der Waals surface area contributed by atoms with Crippen LogP contribution in [0.4, 0.5) is 0 Å². The molecule has 1 aromatic rings. The summed E-state index contributed by atoms with van der Waals surface area (Å²) in [6.45, 7) is 3.54. The molecule has 23 heavy (non-hydrogen) atoms. The van der Waals surface area contributed by atoms with Crippen molar-refractivity contribution >= 4 is 5.91 Å². The smallest absolute Gasteiger partial charge is 0.251 e. The van der Waals surface area contributed by atoms with Gasteiger partial charge in [0.15, 0.2) is 0 Å². The molecule has 0 bridgehead atoms. The van der Waals surface area contributed by atoms with Gasteiger partial charge in [0.1, 0.15) is 18.3 Å². The Labute approximate surface area is 137 Å². The van der Waals surface area contributed by atoms with Crippen molar-refractivity contribution in [2.45, 2.75) is 57.6 Å². The molecule has 1 atom stereocenters. The number of rotatable bonds is 5. The van der Waals surface area contributed by atoms with Crippen LogP contribution in [0.15, 0.2) is 6.33 Å². The fourth-order valence-electron chi connectivity index (χ4n) is 3.76. The van der Waals surface area contributed by atoms with Crippen LogP contribution >= 0.6 is 0 Å². The third-order valence-corrected chi connectivity index (χ3v) is 5.45. The lowest BCUT2D eigenvalue weighted by atomic mass is 9.93. The molecule has 2 saturated heterocycles. The van der Waals surface area contributed by atoms with E-state index in [1.54, 1.807) is 0 Å². The van der Waals surface area contributed by atoms with Gasteiger partial charge in [-0.1, -0.05) is 0 Å². The third kappa shape index (κ3) is 3.57. The van der Waals surface area contributed by atoms with Crippen molar-refractivity contribution in [3.63, 3.8) is 0 Å². The zero-order chi connectivity index (χ0) is 15.6. The molecule has 3 aliphatic rings. The number of carbonyl (C=O) groups excluding carboxylic acids is 1. The normalized spacial score (nSPS) is 25.9. The molecule has 1 amide bonds. The van der Waals surface area contributed by atoms with E-state index in [1.165, 1.54) is 12.8 Å². The lowest BCUT2D eigenvalue weighted by Gasteiger charge is -2.33. The second-order valence-electron chi connectivity index (χ2n) is 7.32. The predicted octanol–water partition coefficient (Wildman–Crippen LogP) is 1.65. The largest absolute Gasteiger partial charge is 0.368 e. The summed E-state index contributed by atoms with van der Waals surface area (Å²) in [5.74, 6) is 2.79. The number of likely N-dealkylation sites (tertiary alicyclic amines) is 1. The highest BCUT2D eigenvalue weighted by Crippen LogP contribution is 2.31. The van der Waals surface area contributed by atoms with E-state index < -0.39 is 0 Å². The number of hydrogen-bond donors (Lipinski definition) is 0. The summed E-state index contributed by atoms with van der Waals surface area (Å²) in [4.78, 5) is 14.4. The Bertz CT molecular complexity index is 541. The van der Waals surface area contributed by atoms with Crippen LogP contribution in [-0.2, 0) is 22.5 Å². The average Bonchev–Trinajstić information content (AvgIpc) is 3.04. The first-order valence-electron chi connectivity index (χ1n) is 9.06. The molecule has 1 aliphatic carbocycles. The topological polar surface area (TPSA) is 60.2 Å². The van der Waals surface area contributed by atoms with E-state index in [0.29, 0.717) is 5.92 Å². The minimum atomic E-state index is -0.173. The maximum Gasteiger partial charge on any atom is 0.251 e. The number of amides is 1. The van der Waals surface area contributed by atoms with Crippen molar-refractivity contribution in [1.82, 2.24) is 19.7 Å². The van der Waals surface area contributed by atoms with Crippen LogP contribution in [-0.4, -0.2) is 51.4 Å². The molecule has 6 nitrogen and oxygen atoms in total. The van der Waals surface area contributed by atoms with Gasteiger partial charge in [0.25, 0.3) is 5.91 Å². The van der Waals surface area contributed by atoms with E-state index in [4.69, 9.17) is 4.74 Å². The lowest BCUT2D eigenvalue weighted by Crippen LogP contribution is -2.44. The Morgan fingerprint density at radius 1 is 1.17 bits per heavy atom. The Morgan fingerprint density at radius 2 is 2.00 bits per heavy atom. The summed E-state index contributed by atoms with van der Waals surface area (Å²) in [5, 5.41) is 8.42. The van der Waals surface area contributed by atoms with Crippen LogP contribution in [0.25, 0.3) is 0 Å². The zero-order valence-corrected chi connectivity index (χ0v) is 13.7. The van der Waals surface area contributed by atoms with Crippen molar-refractivity contribution in [3.8, 4) is 0 Å². The highest BCUT2D eigenvalue weighted by atomic mass is 16.5. The van der Waals surface area contributed by atoms with Gasteiger partial charge in [0.05, 0.1) is 0 Å². The maximum atomic E-state index is 12.4. The quantitative estimate of drug-likeness (QED) is 0.828. The van der Waals surface area contributed by atoms with Crippen LogP contribution in [0.2, 0.25) is 0 Å². The van der Waals surface area contributed by atoms with Gasteiger partial charge in [-0.15, -0.1) is 10.2 Å². The lowest BCUT2D eigenvalue weighted by molar-refractivity contribution is -0.142. The minimum Gasteiger partial charge on any atom is -0.368 e. The summed E-state index contributed by atoms with van der Waals surface area (Å²) < 4.78 is 7.76. The molecule has 0 N–H and O–H groups in total. The number of nitrogens with zero attached hydrogens (tertiary/aromatic N) is 4. The van der Waals surface area contributed by atoms with Gasteiger partial charge >= 0.3 is 0 Å². The number of ether oxygens (including phenoxy) is 1. The Morgan fingerprint density at radius 3 is 2.70 bits per heavy atom. The molecule has 1 unspecified atom stereocenters. The molecular formula is C17H26N4O2. The van der Waals surface area contributed by atoms with Crippen LogP contribution < -0.4 is 0 Å². The van der Waals surface area contributed by atoms with Gasteiger partial charge in [0, 0.05) is 32.7 Å². The van der Waals surface area contributed by atoms with Crippen LogP contribution in [0, 0.1) is 11.8 Å². The Hall–Kier alpha value is -1.43. The Balaban J connectivity index is 1.28. The summed E-state index contributed by atoms with van der Waals surface area (Å²) in [7, 11) is 0. The molecule has 1 saturated carbocycles. The Kier molecular flexibility index (Phi) is 4.33. The highest BCUT2D eigenvalue weighted by molar-refractivity contribution is 5.81. The molecule has 0 aromatic carbocycles. The summed E-state index contributed by atoms with van der Waals surface area (Å²) >= 11 is 0. The van der Waals surface area contributed by atoms with Crippen molar-refractivity contribution in [1.29, 1.82) is 0 Å². The standard InChI is InChI=1S/C17H26N4O2/c22-17(15-2-1-9-23-15)20-7-5-13(6-8-20)10-16-19-18-12-21(16)11-14-3-4-14/h12-15H,1-11H2. The number of carbonyl (C=O) groups is 1. The third-order valence-electron chi connectivity index (χ3n) is 5.45. The minimum absolute atomic E-state index is 0.173. The average molecular weight is 318 g/mol. The first-order chi connectivity index (χ1) is 11.3. The second kappa shape index (κ2) is 6.59. The predicted molar refractivity (Wildman–Crippen MR) is 84.7 cm³/mol. The van der Waals surface area contributed by atoms with Crippen molar-refractivity contribution in [2.75, 3.05) is 19.7 Å². The first-order valence-corrected chi connectivity index (χ1v) is 9.06. The van der Waals surface area contributed by atoms with E-state index >= 15 is 0 Å². The van der Waals surface area contributed by atoms with E-state index in [2.05, 4.69) is 14.8 Å². The number of hydrogen-bond acceptors (Lipinski definition) is 4. The van der Waals surface area contributed by atoms with Gasteiger partial charge in [-0.25, -0.2) is 0 Å². The summed E-state index contributed by atoms with van der Waals surface area (Å²) in [6.07, 6.45) is 9.44. The van der Waals surface area contributed by atoms with Crippen molar-refractivity contribution in [2.24, 2.45) is 11.8 Å². The van der Waals surface area contributed by atoms with Crippen LogP contribution in [0.1, 0.15) is 44.3 Å². The molecule has 0 spiro atoms. The molecule has 3 heterocycles. The zero-order valence-electron chi connectivity index (χ0n) is 13.7. The van der Waals surface area contributed by atoms with Crippen LogP contribution in [0.5, 0.6) is 0 Å². The second-order valence-corrected chi connectivity index (χ2v) is 7.32. The van der Waals surface area contributed by atoms with Gasteiger partial charge in [-0.3, -0.25) is 4.79 Å². The van der Waals surface area contributed by atoms with Crippen LogP contribution in [0.3, 0.4) is 0 Å². The highest BCUT2D eigenvalue weighted by Gasteiger charge is 2.31. The van der Waals surface area contributed by atoms with Crippen molar-refractivity contribution in [3.05, 3.63) is 12.2 Å². The molecule has 4 rings (SSSR count). The van der Waals surface area contributed by atoms with Crippen molar-refractivity contribution < 1.29 is 9.53 Å². The molecule has 6 heteroatoms. The van der Waals surface area contributed by atoms with Gasteiger partial charge in [-0.05, 0) is 50.4 Å². The fraction of sp³-hybridized carbons (Fsp3) is 0.824. The molecular weight excluding hydrogens is 292 g/mol. The van der Waals surface area contributed by atoms with E-state index in [-0.39, 0.29) is 12.0 Å². The maximum absolute atomic E-state index is 12.4. The van der Waals surface area contributed by atoms with Gasteiger partial charge in [0.2, 0.25) is 0 Å². The monoisotopic (exact) mass is 318 g/mol. The molecule has 3 fully saturated rings. The van der Waals surface area contributed by atoms with E-state index in [0.717, 1.165) is 70.1 Å². The van der Waals surface area contributed by atoms with E-state index in [1.807, 2.05) is 11.2 Å². The summed E-state index contributed by atoms with van der Waals surface area (Å²) in [6, 6.07) is 0.